The Morgan fingerprint density at radius 1 is 1.26 bits per heavy atom. The lowest BCUT2D eigenvalue weighted by Gasteiger charge is -2.20. The SMILES string of the molecule is Nc1ccn([C@@H]2O[C@H](OP(=O)(O)OP(=O)(O)OP(=O)(O)O)CC2F)c(=S)n1. The van der Waals surface area contributed by atoms with Crippen molar-refractivity contribution in [3.8, 4) is 0 Å². The second-order valence-corrected chi connectivity index (χ2v) is 9.68. The minimum absolute atomic E-state index is 0.0643. The molecule has 5 atom stereocenters. The monoisotopic (exact) mass is 471 g/mol. The number of ether oxygens (including phenoxy) is 1. The highest BCUT2D eigenvalue weighted by atomic mass is 32.1. The van der Waals surface area contributed by atoms with Crippen molar-refractivity contribution in [2.45, 2.75) is 25.1 Å². The number of rotatable bonds is 7. The van der Waals surface area contributed by atoms with E-state index < -0.39 is 48.6 Å². The van der Waals surface area contributed by atoms with Gasteiger partial charge < -0.3 is 30.0 Å². The Morgan fingerprint density at radius 3 is 2.44 bits per heavy atom. The molecular formula is C8H13FN3O11P3S. The van der Waals surface area contributed by atoms with Gasteiger partial charge in [-0.3, -0.25) is 9.09 Å². The number of phosphoric ester groups is 1. The van der Waals surface area contributed by atoms with Crippen molar-refractivity contribution in [1.82, 2.24) is 9.55 Å². The van der Waals surface area contributed by atoms with E-state index in [9.17, 15) is 23.0 Å². The fourth-order valence-corrected chi connectivity index (χ4v) is 5.33. The first kappa shape index (κ1) is 22.7. The van der Waals surface area contributed by atoms with E-state index in [0.717, 1.165) is 4.57 Å². The molecule has 154 valence electrons. The molecule has 0 aromatic carbocycles. The van der Waals surface area contributed by atoms with Crippen molar-refractivity contribution < 1.29 is 55.5 Å². The summed E-state index contributed by atoms with van der Waals surface area (Å²) in [5, 5.41) is 0. The molecule has 1 aromatic heterocycles. The number of anilines is 1. The van der Waals surface area contributed by atoms with Crippen LogP contribution in [-0.4, -0.2) is 41.6 Å². The van der Waals surface area contributed by atoms with Gasteiger partial charge in [-0.25, -0.2) is 23.1 Å². The van der Waals surface area contributed by atoms with Gasteiger partial charge in [-0.15, -0.1) is 0 Å². The second-order valence-electron chi connectivity index (χ2n) is 4.95. The van der Waals surface area contributed by atoms with Crippen LogP contribution in [0.2, 0.25) is 0 Å². The van der Waals surface area contributed by atoms with Gasteiger partial charge in [0.2, 0.25) is 4.77 Å². The average molecular weight is 471 g/mol. The number of nitrogens with zero attached hydrogens (tertiary/aromatic N) is 2. The van der Waals surface area contributed by atoms with E-state index in [2.05, 4.69) is 18.1 Å². The van der Waals surface area contributed by atoms with Crippen molar-refractivity contribution in [3.05, 3.63) is 17.0 Å². The van der Waals surface area contributed by atoms with Crippen LogP contribution in [0.1, 0.15) is 12.6 Å². The van der Waals surface area contributed by atoms with Crippen molar-refractivity contribution >= 4 is 41.5 Å². The molecule has 1 aliphatic rings. The quantitative estimate of drug-likeness (QED) is 0.279. The van der Waals surface area contributed by atoms with E-state index in [1.807, 2.05) is 0 Å². The number of aromatic nitrogens is 2. The number of nitrogen functional groups attached to an aromatic ring is 1. The van der Waals surface area contributed by atoms with E-state index in [0.29, 0.717) is 0 Å². The molecule has 2 heterocycles. The van der Waals surface area contributed by atoms with Crippen LogP contribution < -0.4 is 5.73 Å². The minimum atomic E-state index is -5.69. The number of halogens is 1. The Kier molecular flexibility index (Phi) is 6.75. The fourth-order valence-electron chi connectivity index (χ4n) is 1.97. The van der Waals surface area contributed by atoms with Crippen molar-refractivity contribution in [3.63, 3.8) is 0 Å². The molecule has 3 unspecified atom stereocenters. The highest BCUT2D eigenvalue weighted by molar-refractivity contribution is 7.71. The smallest absolute Gasteiger partial charge is 0.384 e. The Bertz CT molecular complexity index is 907. The Balaban J connectivity index is 2.07. The number of hydrogen-bond acceptors (Lipinski definition) is 10. The normalized spacial score (nSPS) is 27.8. The first-order valence-corrected chi connectivity index (χ1v) is 11.6. The van der Waals surface area contributed by atoms with Gasteiger partial charge in [0.25, 0.3) is 0 Å². The number of hydrogen-bond donors (Lipinski definition) is 5. The van der Waals surface area contributed by atoms with Gasteiger partial charge in [0.05, 0.1) is 0 Å². The number of alkyl halides is 1. The molecule has 2 rings (SSSR count). The van der Waals surface area contributed by atoms with Gasteiger partial charge >= 0.3 is 23.5 Å². The summed E-state index contributed by atoms with van der Waals surface area (Å²) in [5.74, 6) is 0.0643. The van der Waals surface area contributed by atoms with Crippen LogP contribution in [0.3, 0.4) is 0 Å². The Morgan fingerprint density at radius 2 is 1.89 bits per heavy atom. The molecule has 19 heteroatoms. The zero-order chi connectivity index (χ0) is 20.6. The summed E-state index contributed by atoms with van der Waals surface area (Å²) < 4.78 is 65.1. The molecule has 1 aromatic rings. The topological polar surface area (TPSA) is 213 Å². The minimum Gasteiger partial charge on any atom is -0.384 e. The van der Waals surface area contributed by atoms with Gasteiger partial charge in [-0.2, -0.15) is 8.62 Å². The van der Waals surface area contributed by atoms with Gasteiger partial charge in [0.1, 0.15) is 5.82 Å². The summed E-state index contributed by atoms with van der Waals surface area (Å²) in [6, 6.07) is 1.29. The van der Waals surface area contributed by atoms with Gasteiger partial charge in [-0.05, 0) is 18.3 Å². The van der Waals surface area contributed by atoms with Crippen LogP contribution in [-0.2, 0) is 31.6 Å². The van der Waals surface area contributed by atoms with Crippen molar-refractivity contribution in [2.24, 2.45) is 0 Å². The van der Waals surface area contributed by atoms with E-state index in [1.165, 1.54) is 12.3 Å². The number of phosphoric acid groups is 3. The summed E-state index contributed by atoms with van der Waals surface area (Å²) >= 11 is 4.89. The zero-order valence-electron chi connectivity index (χ0n) is 12.8. The van der Waals surface area contributed by atoms with Crippen molar-refractivity contribution in [2.75, 3.05) is 5.73 Å². The third-order valence-corrected chi connectivity index (χ3v) is 6.94. The van der Waals surface area contributed by atoms with Crippen LogP contribution in [0.15, 0.2) is 12.3 Å². The highest BCUT2D eigenvalue weighted by Gasteiger charge is 2.45. The summed E-state index contributed by atoms with van der Waals surface area (Å²) in [6.45, 7) is 0. The maximum absolute atomic E-state index is 14.2. The number of nitrogens with two attached hydrogens (primary N) is 1. The maximum atomic E-state index is 14.2. The fraction of sp³-hybridized carbons (Fsp3) is 0.500. The van der Waals surface area contributed by atoms with E-state index in [1.54, 1.807) is 0 Å². The molecule has 1 fully saturated rings. The van der Waals surface area contributed by atoms with Crippen molar-refractivity contribution in [1.29, 1.82) is 0 Å². The summed E-state index contributed by atoms with van der Waals surface area (Å²) in [4.78, 5) is 39.1. The lowest BCUT2D eigenvalue weighted by molar-refractivity contribution is -0.112. The Hall–Kier alpha value is -0.600. The standard InChI is InChI=1S/C8H13FN3O11P3S/c9-4-3-6(20-7(4)12-2-1-5(10)11-8(12)27)21-25(16,17)23-26(18,19)22-24(13,14)15/h1-2,4,6-7H,3H2,(H,16,17)(H,18,19)(H2,10,11,27)(H2,13,14,15)/t4?,6-,7-/m1/s1. The molecule has 0 amide bonds. The molecular weight excluding hydrogens is 458 g/mol. The lowest BCUT2D eigenvalue weighted by Crippen LogP contribution is -2.18. The average Bonchev–Trinajstić information content (AvgIpc) is 2.73. The highest BCUT2D eigenvalue weighted by Crippen LogP contribution is 2.66. The molecule has 1 aliphatic heterocycles. The van der Waals surface area contributed by atoms with Crippen LogP contribution in [0, 0.1) is 4.77 Å². The van der Waals surface area contributed by atoms with Crippen LogP contribution in [0.5, 0.6) is 0 Å². The molecule has 27 heavy (non-hydrogen) atoms. The van der Waals surface area contributed by atoms with E-state index in [-0.39, 0.29) is 10.6 Å². The summed E-state index contributed by atoms with van der Waals surface area (Å²) in [5.41, 5.74) is 5.42. The third-order valence-electron chi connectivity index (χ3n) is 2.81. The van der Waals surface area contributed by atoms with Gasteiger partial charge in [-0.1, -0.05) is 0 Å². The van der Waals surface area contributed by atoms with Crippen LogP contribution in [0.25, 0.3) is 0 Å². The molecule has 0 radical (unpaired) electrons. The molecule has 0 bridgehead atoms. The second kappa shape index (κ2) is 8.03. The predicted octanol–water partition coefficient (Wildman–Crippen LogP) is 1.12. The zero-order valence-corrected chi connectivity index (χ0v) is 16.3. The molecule has 1 saturated heterocycles. The largest absolute Gasteiger partial charge is 0.490 e. The molecule has 14 nitrogen and oxygen atoms in total. The van der Waals surface area contributed by atoms with E-state index in [4.69, 9.17) is 37.4 Å². The van der Waals surface area contributed by atoms with Crippen LogP contribution >= 0.6 is 35.7 Å². The Labute approximate surface area is 155 Å². The predicted molar refractivity (Wildman–Crippen MR) is 85.8 cm³/mol. The molecule has 0 aliphatic carbocycles. The summed E-state index contributed by atoms with van der Waals surface area (Å²) in [7, 11) is -16.7. The summed E-state index contributed by atoms with van der Waals surface area (Å²) in [6.07, 6.45) is -4.30. The first-order valence-electron chi connectivity index (χ1n) is 6.64. The van der Waals surface area contributed by atoms with Crippen LogP contribution in [0.4, 0.5) is 10.2 Å². The van der Waals surface area contributed by atoms with E-state index >= 15 is 0 Å². The first-order chi connectivity index (χ1) is 12.2. The molecule has 0 saturated carbocycles. The molecule has 0 spiro atoms. The third kappa shape index (κ3) is 6.75. The van der Waals surface area contributed by atoms with Gasteiger partial charge in [0, 0.05) is 12.6 Å². The van der Waals surface area contributed by atoms with Gasteiger partial charge in [0.15, 0.2) is 18.7 Å². The lowest BCUT2D eigenvalue weighted by atomic mass is 10.3. The maximum Gasteiger partial charge on any atom is 0.490 e. The molecule has 6 N–H and O–H groups in total.